The minimum Gasteiger partial charge on any atom is -0.491 e. The van der Waals surface area contributed by atoms with Crippen LogP contribution in [0, 0.1) is 0 Å². The zero-order chi connectivity index (χ0) is 14.7. The zero-order valence-corrected chi connectivity index (χ0v) is 13.5. The van der Waals surface area contributed by atoms with Crippen molar-refractivity contribution < 1.29 is 9.53 Å². The summed E-state index contributed by atoms with van der Waals surface area (Å²) in [6.45, 7) is 3.90. The fourth-order valence-corrected chi connectivity index (χ4v) is 2.28. The summed E-state index contributed by atoms with van der Waals surface area (Å²) in [7, 11) is 0. The van der Waals surface area contributed by atoms with E-state index in [1.807, 2.05) is 26.0 Å². The van der Waals surface area contributed by atoms with Gasteiger partial charge in [0.15, 0.2) is 5.78 Å². The lowest BCUT2D eigenvalue weighted by Crippen LogP contribution is -2.07. The molecule has 0 radical (unpaired) electrons. The monoisotopic (exact) mass is 352 g/mol. The lowest BCUT2D eigenvalue weighted by molar-refractivity contribution is 0.103. The van der Waals surface area contributed by atoms with Crippen LogP contribution in [0.15, 0.2) is 46.9 Å². The molecule has 2 nitrogen and oxygen atoms in total. The standard InChI is InChI=1S/C16H14BrClO2/c1-10(2)20-13-5-3-4-11(8-13)16(19)12-6-7-15(18)14(17)9-12/h3-10H,1-2H3. The van der Waals surface area contributed by atoms with Crippen LogP contribution in [0.3, 0.4) is 0 Å². The van der Waals surface area contributed by atoms with Crippen molar-refractivity contribution in [3.63, 3.8) is 0 Å². The maximum Gasteiger partial charge on any atom is 0.193 e. The third-order valence-electron chi connectivity index (χ3n) is 2.65. The summed E-state index contributed by atoms with van der Waals surface area (Å²) in [4.78, 5) is 12.4. The van der Waals surface area contributed by atoms with Crippen LogP contribution in [0.2, 0.25) is 5.02 Å². The van der Waals surface area contributed by atoms with Gasteiger partial charge in [-0.3, -0.25) is 4.79 Å². The summed E-state index contributed by atoms with van der Waals surface area (Å²) in [6, 6.07) is 12.3. The van der Waals surface area contributed by atoms with Crippen molar-refractivity contribution in [3.8, 4) is 5.75 Å². The molecule has 0 atom stereocenters. The molecule has 0 aromatic heterocycles. The molecule has 4 heteroatoms. The van der Waals surface area contributed by atoms with E-state index >= 15 is 0 Å². The number of ketones is 1. The Labute approximate surface area is 131 Å². The molecule has 0 fully saturated rings. The Morgan fingerprint density at radius 3 is 2.50 bits per heavy atom. The van der Waals surface area contributed by atoms with Crippen molar-refractivity contribution in [2.24, 2.45) is 0 Å². The first-order chi connectivity index (χ1) is 9.47. The number of carbonyl (C=O) groups excluding carboxylic acids is 1. The van der Waals surface area contributed by atoms with Crippen LogP contribution in [-0.4, -0.2) is 11.9 Å². The highest BCUT2D eigenvalue weighted by Crippen LogP contribution is 2.25. The molecule has 0 aliphatic carbocycles. The minimum atomic E-state index is -0.0587. The molecule has 2 rings (SSSR count). The molecule has 0 amide bonds. The van der Waals surface area contributed by atoms with Gasteiger partial charge in [-0.25, -0.2) is 0 Å². The quantitative estimate of drug-likeness (QED) is 0.713. The molecule has 0 N–H and O–H groups in total. The minimum absolute atomic E-state index is 0.0587. The van der Waals surface area contributed by atoms with E-state index < -0.39 is 0 Å². The number of hydrogen-bond acceptors (Lipinski definition) is 2. The van der Waals surface area contributed by atoms with Crippen molar-refractivity contribution in [2.45, 2.75) is 20.0 Å². The van der Waals surface area contributed by atoms with E-state index in [-0.39, 0.29) is 11.9 Å². The Kier molecular flexibility index (Phi) is 4.84. The first-order valence-corrected chi connectivity index (χ1v) is 7.41. The number of hydrogen-bond donors (Lipinski definition) is 0. The summed E-state index contributed by atoms with van der Waals surface area (Å²) in [5, 5.41) is 0.582. The maximum absolute atomic E-state index is 12.4. The van der Waals surface area contributed by atoms with Crippen LogP contribution in [0.25, 0.3) is 0 Å². The highest BCUT2D eigenvalue weighted by Gasteiger charge is 2.11. The summed E-state index contributed by atoms with van der Waals surface area (Å²) >= 11 is 9.26. The highest BCUT2D eigenvalue weighted by molar-refractivity contribution is 9.10. The molecule has 0 aliphatic rings. The van der Waals surface area contributed by atoms with Gasteiger partial charge in [0.2, 0.25) is 0 Å². The number of halogens is 2. The van der Waals surface area contributed by atoms with Crippen molar-refractivity contribution >= 4 is 33.3 Å². The van der Waals surface area contributed by atoms with Gasteiger partial charge in [-0.15, -0.1) is 0 Å². The Morgan fingerprint density at radius 1 is 1.15 bits per heavy atom. The normalized spacial score (nSPS) is 10.7. The van der Waals surface area contributed by atoms with Gasteiger partial charge >= 0.3 is 0 Å². The van der Waals surface area contributed by atoms with Crippen molar-refractivity contribution in [1.82, 2.24) is 0 Å². The number of benzene rings is 2. The Balaban J connectivity index is 2.30. The average molecular weight is 354 g/mol. The van der Waals surface area contributed by atoms with Gasteiger partial charge in [0.1, 0.15) is 5.75 Å². The predicted molar refractivity (Wildman–Crippen MR) is 84.8 cm³/mol. The van der Waals surface area contributed by atoms with Crippen LogP contribution in [0.1, 0.15) is 29.8 Å². The average Bonchev–Trinajstić information content (AvgIpc) is 2.40. The first kappa shape index (κ1) is 15.1. The lowest BCUT2D eigenvalue weighted by Gasteiger charge is -2.10. The van der Waals surface area contributed by atoms with E-state index in [2.05, 4.69) is 15.9 Å². The van der Waals surface area contributed by atoms with Gasteiger partial charge in [-0.2, -0.15) is 0 Å². The summed E-state index contributed by atoms with van der Waals surface area (Å²) < 4.78 is 6.31. The molecule has 2 aromatic carbocycles. The number of carbonyl (C=O) groups is 1. The van der Waals surface area contributed by atoms with Crippen LogP contribution in [-0.2, 0) is 0 Å². The van der Waals surface area contributed by atoms with Crippen molar-refractivity contribution in [2.75, 3.05) is 0 Å². The van der Waals surface area contributed by atoms with Crippen LogP contribution in [0.4, 0.5) is 0 Å². The highest BCUT2D eigenvalue weighted by atomic mass is 79.9. The third kappa shape index (κ3) is 3.62. The van der Waals surface area contributed by atoms with Gasteiger partial charge in [-0.05, 0) is 60.1 Å². The van der Waals surface area contributed by atoms with Crippen LogP contribution < -0.4 is 4.74 Å². The SMILES string of the molecule is CC(C)Oc1cccc(C(=O)c2ccc(Cl)c(Br)c2)c1. The predicted octanol–water partition coefficient (Wildman–Crippen LogP) is 5.12. The second-order valence-corrected chi connectivity index (χ2v) is 5.91. The fraction of sp³-hybridized carbons (Fsp3) is 0.188. The molecule has 2 aromatic rings. The number of ether oxygens (including phenoxy) is 1. The zero-order valence-electron chi connectivity index (χ0n) is 11.2. The van der Waals surface area contributed by atoms with E-state index in [1.54, 1.807) is 30.3 Å². The Morgan fingerprint density at radius 2 is 1.85 bits per heavy atom. The van der Waals surface area contributed by atoms with Gasteiger partial charge in [0.05, 0.1) is 11.1 Å². The lowest BCUT2D eigenvalue weighted by atomic mass is 10.0. The molecular weight excluding hydrogens is 340 g/mol. The van der Waals surface area contributed by atoms with Gasteiger partial charge in [0, 0.05) is 15.6 Å². The van der Waals surface area contributed by atoms with Crippen molar-refractivity contribution in [3.05, 3.63) is 63.1 Å². The Bertz CT molecular complexity index is 638. The van der Waals surface area contributed by atoms with Gasteiger partial charge < -0.3 is 4.74 Å². The van der Waals surface area contributed by atoms with E-state index in [0.717, 1.165) is 0 Å². The summed E-state index contributed by atoms with van der Waals surface area (Å²) in [5.41, 5.74) is 1.18. The van der Waals surface area contributed by atoms with Gasteiger partial charge in [-0.1, -0.05) is 23.7 Å². The third-order valence-corrected chi connectivity index (χ3v) is 3.86. The molecule has 0 saturated carbocycles. The fourth-order valence-electron chi connectivity index (χ4n) is 1.79. The van der Waals surface area contributed by atoms with E-state index in [4.69, 9.17) is 16.3 Å². The maximum atomic E-state index is 12.4. The number of rotatable bonds is 4. The summed E-state index contributed by atoms with van der Waals surface area (Å²) in [6.07, 6.45) is 0.0741. The molecule has 0 unspecified atom stereocenters. The van der Waals surface area contributed by atoms with Crippen LogP contribution in [0.5, 0.6) is 5.75 Å². The summed E-state index contributed by atoms with van der Waals surface area (Å²) in [5.74, 6) is 0.635. The first-order valence-electron chi connectivity index (χ1n) is 6.24. The second-order valence-electron chi connectivity index (χ2n) is 4.65. The van der Waals surface area contributed by atoms with E-state index in [9.17, 15) is 4.79 Å². The van der Waals surface area contributed by atoms with Crippen molar-refractivity contribution in [1.29, 1.82) is 0 Å². The van der Waals surface area contributed by atoms with Crippen LogP contribution >= 0.6 is 27.5 Å². The molecule has 0 heterocycles. The molecular formula is C16H14BrClO2. The molecule has 0 aliphatic heterocycles. The van der Waals surface area contributed by atoms with Gasteiger partial charge in [0.25, 0.3) is 0 Å². The topological polar surface area (TPSA) is 26.3 Å². The molecule has 20 heavy (non-hydrogen) atoms. The molecule has 0 spiro atoms. The van der Waals surface area contributed by atoms with E-state index in [1.165, 1.54) is 0 Å². The largest absolute Gasteiger partial charge is 0.491 e. The molecule has 0 saturated heterocycles. The molecule has 104 valence electrons. The van der Waals surface area contributed by atoms with E-state index in [0.29, 0.717) is 26.4 Å². The smallest absolute Gasteiger partial charge is 0.193 e. The second kappa shape index (κ2) is 6.42. The molecule has 0 bridgehead atoms. The Hall–Kier alpha value is -1.32.